The molecular weight excluding hydrogens is 444 g/mol. The van der Waals surface area contributed by atoms with Gasteiger partial charge in [0.25, 0.3) is 0 Å². The second kappa shape index (κ2) is 17.2. The molecule has 5 unspecified atom stereocenters. The molecule has 0 aliphatic heterocycles. The lowest BCUT2D eigenvalue weighted by Gasteiger charge is -2.26. The van der Waals surface area contributed by atoms with Crippen molar-refractivity contribution in [2.75, 3.05) is 13.1 Å². The smallest absolute Gasteiger partial charge is 0.326 e. The molecule has 0 radical (unpaired) electrons. The number of amides is 3. The maximum absolute atomic E-state index is 12.9. The highest BCUT2D eigenvalue weighted by Crippen LogP contribution is 2.07. The van der Waals surface area contributed by atoms with Crippen molar-refractivity contribution < 1.29 is 29.4 Å². The van der Waals surface area contributed by atoms with E-state index in [1.165, 1.54) is 6.92 Å². The first kappa shape index (κ1) is 31.7. The highest BCUT2D eigenvalue weighted by Gasteiger charge is 2.32. The number of unbranched alkanes of at least 4 members (excludes halogenated alkanes) is 2. The van der Waals surface area contributed by atoms with Gasteiger partial charge in [-0.05, 0) is 70.9 Å². The van der Waals surface area contributed by atoms with Crippen LogP contribution >= 0.6 is 0 Å². The van der Waals surface area contributed by atoms with Crippen LogP contribution in [0.5, 0.6) is 0 Å². The van der Waals surface area contributed by atoms with E-state index in [0.717, 1.165) is 0 Å². The average Bonchev–Trinajstić information content (AvgIpc) is 2.74. The average molecular weight is 489 g/mol. The van der Waals surface area contributed by atoms with Crippen LogP contribution in [0.15, 0.2) is 0 Å². The van der Waals surface area contributed by atoms with Crippen LogP contribution in [0.2, 0.25) is 0 Å². The quantitative estimate of drug-likeness (QED) is 0.105. The Bertz CT molecular complexity index is 645. The summed E-state index contributed by atoms with van der Waals surface area (Å²) in [6.07, 6.45) is 1.79. The van der Waals surface area contributed by atoms with E-state index in [0.29, 0.717) is 45.2 Å². The van der Waals surface area contributed by atoms with Crippen LogP contribution < -0.4 is 33.2 Å². The second-order valence-electron chi connectivity index (χ2n) is 8.99. The summed E-state index contributed by atoms with van der Waals surface area (Å²) in [7, 11) is 0. The number of aliphatic carboxylic acids is 1. The van der Waals surface area contributed by atoms with Crippen LogP contribution in [0.4, 0.5) is 0 Å². The molecule has 0 saturated carbocycles. The Morgan fingerprint density at radius 2 is 1.26 bits per heavy atom. The van der Waals surface area contributed by atoms with Gasteiger partial charge in [-0.15, -0.1) is 0 Å². The summed E-state index contributed by atoms with van der Waals surface area (Å²) in [5.74, 6) is -3.07. The first-order chi connectivity index (χ1) is 15.9. The number of carbonyl (C=O) groups is 4. The first-order valence-electron chi connectivity index (χ1n) is 11.9. The van der Waals surface area contributed by atoms with E-state index in [9.17, 15) is 29.4 Å². The third-order valence-corrected chi connectivity index (χ3v) is 5.27. The van der Waals surface area contributed by atoms with Crippen molar-refractivity contribution in [1.29, 1.82) is 0 Å². The van der Waals surface area contributed by atoms with E-state index >= 15 is 0 Å². The summed E-state index contributed by atoms with van der Waals surface area (Å²) >= 11 is 0. The number of hydrogen-bond donors (Lipinski definition) is 8. The van der Waals surface area contributed by atoms with Crippen LogP contribution in [0, 0.1) is 5.92 Å². The number of carboxylic acid groups (broad SMARTS) is 1. The number of hydrogen-bond acceptors (Lipinski definition) is 8. The highest BCUT2D eigenvalue weighted by atomic mass is 16.4. The van der Waals surface area contributed by atoms with Crippen LogP contribution in [0.3, 0.4) is 0 Å². The van der Waals surface area contributed by atoms with Crippen molar-refractivity contribution in [2.45, 2.75) is 96.0 Å². The number of rotatable bonds is 18. The topological polar surface area (TPSA) is 223 Å². The molecule has 0 aliphatic rings. The summed E-state index contributed by atoms with van der Waals surface area (Å²) in [5, 5.41) is 26.9. The molecule has 11 N–H and O–H groups in total. The van der Waals surface area contributed by atoms with Gasteiger partial charge < -0.3 is 43.4 Å². The fraction of sp³-hybridized carbons (Fsp3) is 0.818. The molecule has 0 spiro atoms. The zero-order valence-electron chi connectivity index (χ0n) is 20.6. The van der Waals surface area contributed by atoms with Crippen LogP contribution in [-0.4, -0.2) is 77.3 Å². The molecule has 12 heteroatoms. The van der Waals surface area contributed by atoms with E-state index in [1.54, 1.807) is 0 Å². The Balaban J connectivity index is 5.36. The summed E-state index contributed by atoms with van der Waals surface area (Å²) < 4.78 is 0. The number of nitrogens with two attached hydrogens (primary N) is 3. The Kier molecular flexibility index (Phi) is 16.0. The van der Waals surface area contributed by atoms with E-state index < -0.39 is 54.0 Å². The number of carbonyl (C=O) groups excluding carboxylic acids is 3. The molecule has 0 saturated heterocycles. The molecule has 0 aromatic heterocycles. The molecule has 0 aliphatic carbocycles. The van der Waals surface area contributed by atoms with Crippen LogP contribution in [0.25, 0.3) is 0 Å². The van der Waals surface area contributed by atoms with Gasteiger partial charge in [0.1, 0.15) is 18.1 Å². The van der Waals surface area contributed by atoms with Gasteiger partial charge in [-0.1, -0.05) is 13.8 Å². The lowest BCUT2D eigenvalue weighted by Crippen LogP contribution is -2.59. The van der Waals surface area contributed by atoms with Crippen molar-refractivity contribution in [3.63, 3.8) is 0 Å². The van der Waals surface area contributed by atoms with Gasteiger partial charge in [0, 0.05) is 0 Å². The molecule has 0 aromatic carbocycles. The maximum Gasteiger partial charge on any atom is 0.326 e. The lowest BCUT2D eigenvalue weighted by molar-refractivity contribution is -0.143. The zero-order chi connectivity index (χ0) is 26.3. The Labute approximate surface area is 201 Å². The lowest BCUT2D eigenvalue weighted by atomic mass is 10.0. The Morgan fingerprint density at radius 1 is 0.765 bits per heavy atom. The van der Waals surface area contributed by atoms with Crippen LogP contribution in [0.1, 0.15) is 65.7 Å². The third-order valence-electron chi connectivity index (χ3n) is 5.27. The monoisotopic (exact) mass is 488 g/mol. The minimum absolute atomic E-state index is 0.157. The van der Waals surface area contributed by atoms with E-state index in [1.807, 2.05) is 13.8 Å². The maximum atomic E-state index is 12.9. The number of aliphatic hydroxyl groups is 1. The Morgan fingerprint density at radius 3 is 1.71 bits per heavy atom. The summed E-state index contributed by atoms with van der Waals surface area (Å²) in [6, 6.07) is -4.40. The Hall–Kier alpha value is -2.28. The minimum atomic E-state index is -1.41. The molecule has 5 atom stereocenters. The third kappa shape index (κ3) is 12.8. The van der Waals surface area contributed by atoms with Gasteiger partial charge in [0.05, 0.1) is 12.1 Å². The van der Waals surface area contributed by atoms with Crippen molar-refractivity contribution in [2.24, 2.45) is 23.1 Å². The molecule has 0 heterocycles. The largest absolute Gasteiger partial charge is 0.480 e. The molecule has 0 aromatic rings. The fourth-order valence-corrected chi connectivity index (χ4v) is 3.33. The first-order valence-corrected chi connectivity index (χ1v) is 11.9. The molecule has 3 amide bonds. The molecular formula is C22H44N6O6. The predicted molar refractivity (Wildman–Crippen MR) is 128 cm³/mol. The highest BCUT2D eigenvalue weighted by molar-refractivity contribution is 5.94. The van der Waals surface area contributed by atoms with Gasteiger partial charge in [0.2, 0.25) is 17.7 Å². The van der Waals surface area contributed by atoms with Gasteiger partial charge in [-0.2, -0.15) is 0 Å². The minimum Gasteiger partial charge on any atom is -0.480 e. The van der Waals surface area contributed by atoms with E-state index in [2.05, 4.69) is 16.0 Å². The zero-order valence-corrected chi connectivity index (χ0v) is 20.6. The SMILES string of the molecule is CC(C)CC(N)C(=O)NC(CCCCN)C(=O)NC(C(=O)NC(CCCCN)C(=O)O)C(C)O. The van der Waals surface area contributed by atoms with Crippen molar-refractivity contribution in [1.82, 2.24) is 16.0 Å². The second-order valence-corrected chi connectivity index (χ2v) is 8.99. The van der Waals surface area contributed by atoms with E-state index in [-0.39, 0.29) is 18.8 Å². The van der Waals surface area contributed by atoms with Gasteiger partial charge in [-0.3, -0.25) is 14.4 Å². The predicted octanol–water partition coefficient (Wildman–Crippen LogP) is -1.46. The van der Waals surface area contributed by atoms with Crippen molar-refractivity contribution in [3.05, 3.63) is 0 Å². The summed E-state index contributed by atoms with van der Waals surface area (Å²) in [6.45, 7) is 5.95. The molecule has 0 rings (SSSR count). The van der Waals surface area contributed by atoms with Gasteiger partial charge in [-0.25, -0.2) is 4.79 Å². The van der Waals surface area contributed by atoms with Crippen molar-refractivity contribution in [3.8, 4) is 0 Å². The summed E-state index contributed by atoms with van der Waals surface area (Å²) in [4.78, 5) is 49.6. The molecule has 34 heavy (non-hydrogen) atoms. The molecule has 0 fully saturated rings. The van der Waals surface area contributed by atoms with E-state index in [4.69, 9.17) is 17.2 Å². The standard InChI is InChI=1S/C22H44N6O6/c1-13(2)12-15(25)19(30)26-16(8-4-6-10-23)20(31)28-18(14(3)29)21(32)27-17(22(33)34)9-5-7-11-24/h13-18,29H,4-12,23-25H2,1-3H3,(H,26,30)(H,27,32)(H,28,31)(H,33,34). The number of aliphatic hydroxyl groups excluding tert-OH is 1. The van der Waals surface area contributed by atoms with Crippen molar-refractivity contribution >= 4 is 23.7 Å². The number of carboxylic acids is 1. The molecule has 0 bridgehead atoms. The van der Waals surface area contributed by atoms with Gasteiger partial charge >= 0.3 is 5.97 Å². The fourth-order valence-electron chi connectivity index (χ4n) is 3.33. The summed E-state index contributed by atoms with van der Waals surface area (Å²) in [5.41, 5.74) is 16.9. The molecule has 12 nitrogen and oxygen atoms in total. The van der Waals surface area contributed by atoms with Gasteiger partial charge in [0.15, 0.2) is 0 Å². The van der Waals surface area contributed by atoms with Crippen LogP contribution in [-0.2, 0) is 19.2 Å². The molecule has 198 valence electrons. The number of nitrogens with one attached hydrogen (secondary N) is 3. The normalized spacial score (nSPS) is 15.6.